The Hall–Kier alpha value is -2.59. The van der Waals surface area contributed by atoms with Gasteiger partial charge >= 0.3 is 5.76 Å². The van der Waals surface area contributed by atoms with Crippen molar-refractivity contribution in [3.05, 3.63) is 76.3 Å². The zero-order valence-electron chi connectivity index (χ0n) is 15.7. The lowest BCUT2D eigenvalue weighted by atomic mass is 9.81. The maximum absolute atomic E-state index is 11.3. The van der Waals surface area contributed by atoms with Crippen LogP contribution < -0.4 is 5.76 Å². The van der Waals surface area contributed by atoms with Gasteiger partial charge in [-0.15, -0.1) is 0 Å². The molecule has 1 saturated carbocycles. The molecular weight excluding hydrogens is 336 g/mol. The number of nitrogens with zero attached hydrogens (tertiary/aromatic N) is 1. The van der Waals surface area contributed by atoms with E-state index in [1.807, 2.05) is 18.2 Å². The number of hydrogen-bond acceptors (Lipinski definition) is 3. The smallest absolute Gasteiger partial charge is 0.408 e. The minimum absolute atomic E-state index is 0.379. The predicted octanol–water partition coefficient (Wildman–Crippen LogP) is 4.79. The number of nitrogens with one attached hydrogen (secondary N) is 1. The number of aromatic nitrogens is 1. The minimum Gasteiger partial charge on any atom is -0.408 e. The molecule has 4 heteroatoms. The minimum atomic E-state index is -0.379. The molecule has 0 bridgehead atoms. The lowest BCUT2D eigenvalue weighted by molar-refractivity contribution is 0.198. The number of benzene rings is 2. The summed E-state index contributed by atoms with van der Waals surface area (Å²) in [4.78, 5) is 16.5. The maximum Gasteiger partial charge on any atom is 0.417 e. The second-order valence-corrected chi connectivity index (χ2v) is 7.53. The highest BCUT2D eigenvalue weighted by Crippen LogP contribution is 2.35. The summed E-state index contributed by atoms with van der Waals surface area (Å²) in [6.45, 7) is 0.977. The van der Waals surface area contributed by atoms with Crippen LogP contribution in [-0.4, -0.2) is 29.5 Å². The molecule has 3 aromatic rings. The van der Waals surface area contributed by atoms with Crippen molar-refractivity contribution in [1.82, 2.24) is 9.88 Å². The van der Waals surface area contributed by atoms with E-state index < -0.39 is 0 Å². The molecule has 0 aliphatic heterocycles. The monoisotopic (exact) mass is 362 g/mol. The molecule has 0 spiro atoms. The van der Waals surface area contributed by atoms with Crippen molar-refractivity contribution in [2.45, 2.75) is 37.6 Å². The summed E-state index contributed by atoms with van der Waals surface area (Å²) in [6, 6.07) is 17.2. The van der Waals surface area contributed by atoms with E-state index in [2.05, 4.69) is 59.4 Å². The summed E-state index contributed by atoms with van der Waals surface area (Å²) >= 11 is 0. The van der Waals surface area contributed by atoms with Crippen LogP contribution >= 0.6 is 0 Å². The molecule has 1 aromatic heterocycles. The first-order valence-electron chi connectivity index (χ1n) is 9.73. The lowest BCUT2D eigenvalue weighted by Crippen LogP contribution is -2.34. The maximum atomic E-state index is 11.3. The fraction of sp³-hybridized carbons (Fsp3) is 0.348. The van der Waals surface area contributed by atoms with Crippen molar-refractivity contribution < 1.29 is 4.42 Å². The first-order chi connectivity index (χ1) is 13.2. The first kappa shape index (κ1) is 17.8. The third-order valence-corrected chi connectivity index (χ3v) is 5.74. The van der Waals surface area contributed by atoms with Gasteiger partial charge in [-0.05, 0) is 61.9 Å². The summed E-state index contributed by atoms with van der Waals surface area (Å²) in [5.74, 6) is 0.176. The predicted molar refractivity (Wildman–Crippen MR) is 110 cm³/mol. The van der Waals surface area contributed by atoms with E-state index in [0.29, 0.717) is 17.5 Å². The molecule has 140 valence electrons. The van der Waals surface area contributed by atoms with Gasteiger partial charge in [0.2, 0.25) is 0 Å². The van der Waals surface area contributed by atoms with Crippen LogP contribution in [0.4, 0.5) is 0 Å². The number of oxazole rings is 1. The normalized spacial score (nSPS) is 20.7. The molecule has 1 fully saturated rings. The van der Waals surface area contributed by atoms with Gasteiger partial charge in [0.25, 0.3) is 0 Å². The molecule has 1 heterocycles. The molecule has 0 amide bonds. The van der Waals surface area contributed by atoms with Gasteiger partial charge in [0, 0.05) is 12.6 Å². The second-order valence-electron chi connectivity index (χ2n) is 7.53. The molecule has 0 unspecified atom stereocenters. The highest BCUT2D eigenvalue weighted by molar-refractivity contribution is 5.72. The fourth-order valence-corrected chi connectivity index (χ4v) is 4.13. The molecule has 1 aliphatic rings. The van der Waals surface area contributed by atoms with Crippen molar-refractivity contribution >= 4 is 17.2 Å². The SMILES string of the molecule is CN(CC=Cc1ccccc1)[C@H]1CC[C@H](c2ccc3[nH]c(=O)oc3c2)CC1. The molecular formula is C23H26N2O2. The standard InChI is InChI=1S/C23H26N2O2/c1-25(15-5-8-17-6-3-2-4-7-17)20-12-9-18(10-13-20)19-11-14-21-22(16-19)27-23(26)24-21/h2-8,11,14,16,18,20H,9-10,12-13,15H2,1H3,(H,24,26)/t18-,20-. The summed E-state index contributed by atoms with van der Waals surface area (Å²) < 4.78 is 5.21. The van der Waals surface area contributed by atoms with E-state index >= 15 is 0 Å². The Balaban J connectivity index is 1.32. The summed E-state index contributed by atoms with van der Waals surface area (Å²) in [5, 5.41) is 0. The van der Waals surface area contributed by atoms with Gasteiger partial charge in [-0.2, -0.15) is 0 Å². The summed E-state index contributed by atoms with van der Waals surface area (Å²) in [5.41, 5.74) is 3.99. The van der Waals surface area contributed by atoms with Gasteiger partial charge in [0.05, 0.1) is 5.52 Å². The highest BCUT2D eigenvalue weighted by Gasteiger charge is 2.24. The van der Waals surface area contributed by atoms with Crippen LogP contribution in [0.1, 0.15) is 42.7 Å². The third kappa shape index (κ3) is 4.22. The molecule has 2 aromatic carbocycles. The molecule has 1 aliphatic carbocycles. The Morgan fingerprint density at radius 1 is 1.11 bits per heavy atom. The second kappa shape index (κ2) is 7.97. The van der Waals surface area contributed by atoms with Crippen molar-refractivity contribution in [1.29, 1.82) is 0 Å². The van der Waals surface area contributed by atoms with Crippen molar-refractivity contribution in [3.63, 3.8) is 0 Å². The zero-order chi connectivity index (χ0) is 18.6. The summed E-state index contributed by atoms with van der Waals surface area (Å²) in [6.07, 6.45) is 9.21. The topological polar surface area (TPSA) is 49.2 Å². The van der Waals surface area contributed by atoms with Crippen LogP contribution in [0.2, 0.25) is 0 Å². The van der Waals surface area contributed by atoms with Gasteiger partial charge in [-0.3, -0.25) is 9.88 Å². The number of fused-ring (bicyclic) bond motifs is 1. The molecule has 4 nitrogen and oxygen atoms in total. The van der Waals surface area contributed by atoms with Crippen molar-refractivity contribution in [3.8, 4) is 0 Å². The lowest BCUT2D eigenvalue weighted by Gasteiger charge is -2.34. The van der Waals surface area contributed by atoms with E-state index in [-0.39, 0.29) is 5.76 Å². The molecule has 4 rings (SSSR count). The van der Waals surface area contributed by atoms with Crippen molar-refractivity contribution in [2.24, 2.45) is 0 Å². The molecule has 27 heavy (non-hydrogen) atoms. The number of likely N-dealkylation sites (N-methyl/N-ethyl adjacent to an activating group) is 1. The van der Waals surface area contributed by atoms with E-state index in [9.17, 15) is 4.79 Å². The average Bonchev–Trinajstić information content (AvgIpc) is 3.08. The summed E-state index contributed by atoms with van der Waals surface area (Å²) in [7, 11) is 2.22. The Kier molecular flexibility index (Phi) is 5.26. The largest absolute Gasteiger partial charge is 0.417 e. The molecule has 0 radical (unpaired) electrons. The molecule has 0 atom stereocenters. The van der Waals surface area contributed by atoms with Crippen molar-refractivity contribution in [2.75, 3.05) is 13.6 Å². The molecule has 0 saturated heterocycles. The highest BCUT2D eigenvalue weighted by atomic mass is 16.4. The van der Waals surface area contributed by atoms with E-state index in [4.69, 9.17) is 4.42 Å². The Morgan fingerprint density at radius 3 is 2.67 bits per heavy atom. The quantitative estimate of drug-likeness (QED) is 0.710. The van der Waals surface area contributed by atoms with E-state index in [1.165, 1.54) is 36.8 Å². The number of H-pyrrole nitrogens is 1. The number of aromatic amines is 1. The molecule has 1 N–H and O–H groups in total. The zero-order valence-corrected chi connectivity index (χ0v) is 15.7. The van der Waals surface area contributed by atoms with Gasteiger partial charge in [0.15, 0.2) is 5.58 Å². The number of hydrogen-bond donors (Lipinski definition) is 1. The first-order valence-corrected chi connectivity index (χ1v) is 9.73. The Labute approximate surface area is 159 Å². The Morgan fingerprint density at radius 2 is 1.89 bits per heavy atom. The van der Waals surface area contributed by atoms with Crippen LogP contribution in [0.25, 0.3) is 17.2 Å². The van der Waals surface area contributed by atoms with Crippen LogP contribution in [0.15, 0.2) is 63.8 Å². The van der Waals surface area contributed by atoms with Crippen LogP contribution in [-0.2, 0) is 0 Å². The van der Waals surface area contributed by atoms with Crippen LogP contribution in [0.3, 0.4) is 0 Å². The van der Waals surface area contributed by atoms with Gasteiger partial charge in [-0.1, -0.05) is 48.6 Å². The fourth-order valence-electron chi connectivity index (χ4n) is 4.13. The van der Waals surface area contributed by atoms with E-state index in [0.717, 1.165) is 12.1 Å². The van der Waals surface area contributed by atoms with Gasteiger partial charge in [0.1, 0.15) is 0 Å². The van der Waals surface area contributed by atoms with Crippen LogP contribution in [0, 0.1) is 0 Å². The third-order valence-electron chi connectivity index (χ3n) is 5.74. The van der Waals surface area contributed by atoms with Gasteiger partial charge < -0.3 is 4.42 Å². The van der Waals surface area contributed by atoms with Crippen LogP contribution in [0.5, 0.6) is 0 Å². The van der Waals surface area contributed by atoms with E-state index in [1.54, 1.807) is 0 Å². The Bertz CT molecular complexity index is 963. The number of rotatable bonds is 5. The average molecular weight is 362 g/mol. The van der Waals surface area contributed by atoms with Gasteiger partial charge in [-0.25, -0.2) is 4.79 Å².